The Labute approximate surface area is 90.8 Å². The van der Waals surface area contributed by atoms with Crippen LogP contribution in [0.15, 0.2) is 0 Å². The minimum atomic E-state index is 0.173. The van der Waals surface area contributed by atoms with Crippen molar-refractivity contribution in [3.05, 3.63) is 0 Å². The number of piperidine rings is 1. The second kappa shape index (κ2) is 4.94. The summed E-state index contributed by atoms with van der Waals surface area (Å²) in [7, 11) is 0. The molecule has 86 valence electrons. The molecule has 0 aromatic carbocycles. The number of nitrogens with zero attached hydrogens (tertiary/aromatic N) is 1. The van der Waals surface area contributed by atoms with Gasteiger partial charge in [-0.15, -0.1) is 0 Å². The number of nitrogens with two attached hydrogens (primary N) is 1. The first kappa shape index (κ1) is 10.9. The Morgan fingerprint density at radius 3 is 3.07 bits per heavy atom. The van der Waals surface area contributed by atoms with E-state index in [1.807, 2.05) is 4.90 Å². The van der Waals surface area contributed by atoms with E-state index in [1.165, 1.54) is 0 Å². The van der Waals surface area contributed by atoms with E-state index < -0.39 is 0 Å². The predicted octanol–water partition coefficient (Wildman–Crippen LogP) is 0.505. The number of amides is 1. The molecule has 0 saturated carbocycles. The van der Waals surface area contributed by atoms with E-state index in [0.29, 0.717) is 12.5 Å². The summed E-state index contributed by atoms with van der Waals surface area (Å²) in [5, 5.41) is 0. The van der Waals surface area contributed by atoms with Crippen LogP contribution in [0.3, 0.4) is 0 Å². The molecule has 0 aliphatic carbocycles. The van der Waals surface area contributed by atoms with Gasteiger partial charge in [-0.3, -0.25) is 4.79 Å². The fourth-order valence-corrected chi connectivity index (χ4v) is 2.33. The number of likely N-dealkylation sites (tertiary alicyclic amines) is 1. The normalized spacial score (nSPS) is 32.3. The molecule has 2 aliphatic rings. The summed E-state index contributed by atoms with van der Waals surface area (Å²) in [6.07, 6.45) is 5.11. The quantitative estimate of drug-likeness (QED) is 0.741. The van der Waals surface area contributed by atoms with Crippen molar-refractivity contribution in [3.63, 3.8) is 0 Å². The molecule has 2 rings (SSSR count). The molecule has 2 heterocycles. The summed E-state index contributed by atoms with van der Waals surface area (Å²) >= 11 is 0. The van der Waals surface area contributed by atoms with Gasteiger partial charge in [-0.2, -0.15) is 0 Å². The number of rotatable bonds is 3. The molecule has 0 radical (unpaired) electrons. The van der Waals surface area contributed by atoms with Crippen LogP contribution in [0.4, 0.5) is 0 Å². The summed E-state index contributed by atoms with van der Waals surface area (Å²) < 4.78 is 5.54. The van der Waals surface area contributed by atoms with Gasteiger partial charge in [0.2, 0.25) is 5.91 Å². The molecule has 2 atom stereocenters. The van der Waals surface area contributed by atoms with Crippen molar-refractivity contribution in [2.45, 2.75) is 44.2 Å². The zero-order valence-corrected chi connectivity index (χ0v) is 9.15. The van der Waals surface area contributed by atoms with Crippen LogP contribution in [0.2, 0.25) is 0 Å². The standard InChI is InChI=1S/C11H20N2O2/c12-9-3-4-11(14)13(8-9)6-5-10-2-1-7-15-10/h9-10H,1-8,12H2. The Hall–Kier alpha value is -0.610. The average Bonchev–Trinajstić information content (AvgIpc) is 2.72. The van der Waals surface area contributed by atoms with Crippen molar-refractivity contribution in [1.29, 1.82) is 0 Å². The van der Waals surface area contributed by atoms with Crippen LogP contribution >= 0.6 is 0 Å². The molecule has 2 aliphatic heterocycles. The van der Waals surface area contributed by atoms with Crippen LogP contribution < -0.4 is 5.73 Å². The summed E-state index contributed by atoms with van der Waals surface area (Å²) in [5.41, 5.74) is 5.85. The lowest BCUT2D eigenvalue weighted by Crippen LogP contribution is -2.46. The Morgan fingerprint density at radius 1 is 1.47 bits per heavy atom. The van der Waals surface area contributed by atoms with Gasteiger partial charge in [0.15, 0.2) is 0 Å². The van der Waals surface area contributed by atoms with Crippen LogP contribution in [-0.2, 0) is 9.53 Å². The van der Waals surface area contributed by atoms with Crippen molar-refractivity contribution < 1.29 is 9.53 Å². The maximum atomic E-state index is 11.6. The molecule has 0 bridgehead atoms. The third-order valence-corrected chi connectivity index (χ3v) is 3.28. The van der Waals surface area contributed by atoms with Gasteiger partial charge in [-0.25, -0.2) is 0 Å². The van der Waals surface area contributed by atoms with E-state index in [9.17, 15) is 4.79 Å². The monoisotopic (exact) mass is 212 g/mol. The molecule has 4 nitrogen and oxygen atoms in total. The van der Waals surface area contributed by atoms with Crippen molar-refractivity contribution >= 4 is 5.91 Å². The van der Waals surface area contributed by atoms with Gasteiger partial charge in [0.25, 0.3) is 0 Å². The van der Waals surface area contributed by atoms with Gasteiger partial charge < -0.3 is 15.4 Å². The molecule has 2 fully saturated rings. The third-order valence-electron chi connectivity index (χ3n) is 3.28. The Balaban J connectivity index is 1.74. The molecule has 2 N–H and O–H groups in total. The van der Waals surface area contributed by atoms with Crippen LogP contribution in [0, 0.1) is 0 Å². The Bertz CT molecular complexity index is 227. The van der Waals surface area contributed by atoms with E-state index in [2.05, 4.69) is 0 Å². The minimum Gasteiger partial charge on any atom is -0.378 e. The fourth-order valence-electron chi connectivity index (χ4n) is 2.33. The van der Waals surface area contributed by atoms with Gasteiger partial charge in [0.1, 0.15) is 0 Å². The maximum absolute atomic E-state index is 11.6. The van der Waals surface area contributed by atoms with Crippen molar-refractivity contribution in [3.8, 4) is 0 Å². The van der Waals surface area contributed by atoms with Gasteiger partial charge >= 0.3 is 0 Å². The first-order chi connectivity index (χ1) is 7.25. The zero-order valence-electron chi connectivity index (χ0n) is 9.15. The summed E-state index contributed by atoms with van der Waals surface area (Å²) in [6, 6.07) is 0.173. The van der Waals surface area contributed by atoms with Crippen LogP contribution in [0.25, 0.3) is 0 Å². The first-order valence-electron chi connectivity index (χ1n) is 5.90. The van der Waals surface area contributed by atoms with Crippen molar-refractivity contribution in [2.24, 2.45) is 5.73 Å². The Morgan fingerprint density at radius 2 is 2.33 bits per heavy atom. The van der Waals surface area contributed by atoms with Gasteiger partial charge in [-0.05, 0) is 25.7 Å². The number of carbonyl (C=O) groups is 1. The molecule has 4 heteroatoms. The number of carbonyl (C=O) groups excluding carboxylic acids is 1. The van der Waals surface area contributed by atoms with Gasteiger partial charge in [-0.1, -0.05) is 0 Å². The molecule has 1 amide bonds. The lowest BCUT2D eigenvalue weighted by atomic mass is 10.1. The molecule has 15 heavy (non-hydrogen) atoms. The minimum absolute atomic E-state index is 0.173. The molecule has 0 aromatic rings. The SMILES string of the molecule is NC1CCC(=O)N(CCC2CCCO2)C1. The highest BCUT2D eigenvalue weighted by Gasteiger charge is 2.24. The molecular formula is C11H20N2O2. The maximum Gasteiger partial charge on any atom is 0.222 e. The summed E-state index contributed by atoms with van der Waals surface area (Å²) in [4.78, 5) is 13.5. The molecule has 2 unspecified atom stereocenters. The van der Waals surface area contributed by atoms with Gasteiger partial charge in [0, 0.05) is 32.2 Å². The van der Waals surface area contributed by atoms with E-state index in [0.717, 1.165) is 45.4 Å². The van der Waals surface area contributed by atoms with Gasteiger partial charge in [0.05, 0.1) is 6.10 Å². The van der Waals surface area contributed by atoms with E-state index in [-0.39, 0.29) is 11.9 Å². The fraction of sp³-hybridized carbons (Fsp3) is 0.909. The lowest BCUT2D eigenvalue weighted by molar-refractivity contribution is -0.134. The van der Waals surface area contributed by atoms with Crippen molar-refractivity contribution in [1.82, 2.24) is 4.90 Å². The first-order valence-corrected chi connectivity index (χ1v) is 5.90. The van der Waals surface area contributed by atoms with Crippen LogP contribution in [-0.4, -0.2) is 42.6 Å². The summed E-state index contributed by atoms with van der Waals surface area (Å²) in [5.74, 6) is 0.259. The molecule has 2 saturated heterocycles. The molecular weight excluding hydrogens is 192 g/mol. The number of hydrogen-bond acceptors (Lipinski definition) is 3. The lowest BCUT2D eigenvalue weighted by Gasteiger charge is -2.31. The highest BCUT2D eigenvalue weighted by molar-refractivity contribution is 5.77. The van der Waals surface area contributed by atoms with Crippen molar-refractivity contribution in [2.75, 3.05) is 19.7 Å². The summed E-state index contributed by atoms with van der Waals surface area (Å²) in [6.45, 7) is 2.43. The average molecular weight is 212 g/mol. The van der Waals surface area contributed by atoms with E-state index >= 15 is 0 Å². The third kappa shape index (κ3) is 2.92. The van der Waals surface area contributed by atoms with Crippen LogP contribution in [0.1, 0.15) is 32.1 Å². The zero-order chi connectivity index (χ0) is 10.7. The highest BCUT2D eigenvalue weighted by atomic mass is 16.5. The molecule has 0 aromatic heterocycles. The smallest absolute Gasteiger partial charge is 0.222 e. The second-order valence-electron chi connectivity index (χ2n) is 4.56. The Kier molecular flexibility index (Phi) is 3.59. The second-order valence-corrected chi connectivity index (χ2v) is 4.56. The predicted molar refractivity (Wildman–Crippen MR) is 57.4 cm³/mol. The number of ether oxygens (including phenoxy) is 1. The topological polar surface area (TPSA) is 55.6 Å². The highest BCUT2D eigenvalue weighted by Crippen LogP contribution is 2.17. The van der Waals surface area contributed by atoms with E-state index in [4.69, 9.17) is 10.5 Å². The largest absolute Gasteiger partial charge is 0.378 e. The molecule has 0 spiro atoms. The van der Waals surface area contributed by atoms with E-state index in [1.54, 1.807) is 0 Å². The number of hydrogen-bond donors (Lipinski definition) is 1. The van der Waals surface area contributed by atoms with Crippen LogP contribution in [0.5, 0.6) is 0 Å².